The highest BCUT2D eigenvalue weighted by Gasteiger charge is 2.53. The molecule has 2 nitrogen and oxygen atoms in total. The van der Waals surface area contributed by atoms with E-state index in [1.807, 2.05) is 35.7 Å². The predicted molar refractivity (Wildman–Crippen MR) is 75.3 cm³/mol. The Morgan fingerprint density at radius 2 is 2.00 bits per heavy atom. The number of Topliss-reactive ketones (excluding diaryl/α,β-unsaturated/α-hetero) is 1. The molecule has 0 saturated carbocycles. The number of benzene rings is 1. The van der Waals surface area contributed by atoms with Crippen molar-refractivity contribution in [3.05, 3.63) is 51.7 Å². The molecule has 0 amide bonds. The first-order valence-electron chi connectivity index (χ1n) is 6.49. The van der Waals surface area contributed by atoms with Gasteiger partial charge in [-0.15, -0.1) is 11.3 Å². The third-order valence-electron chi connectivity index (χ3n) is 4.23. The summed E-state index contributed by atoms with van der Waals surface area (Å²) in [5.74, 6) is 1.19. The minimum absolute atomic E-state index is 0.0672. The topological polar surface area (TPSA) is 26.3 Å². The maximum absolute atomic E-state index is 12.7. The van der Waals surface area contributed by atoms with E-state index in [0.29, 0.717) is 0 Å². The quantitative estimate of drug-likeness (QED) is 0.723. The molecule has 0 N–H and O–H groups in total. The van der Waals surface area contributed by atoms with Crippen molar-refractivity contribution in [1.29, 1.82) is 0 Å². The second-order valence-corrected chi connectivity index (χ2v) is 6.71. The largest absolute Gasteiger partial charge is 0.487 e. The van der Waals surface area contributed by atoms with Gasteiger partial charge in [0.1, 0.15) is 11.4 Å². The van der Waals surface area contributed by atoms with Crippen molar-refractivity contribution < 1.29 is 9.53 Å². The van der Waals surface area contributed by atoms with Crippen LogP contribution in [0.5, 0.6) is 5.75 Å². The zero-order chi connectivity index (χ0) is 13.2. The second kappa shape index (κ2) is 3.48. The lowest BCUT2D eigenvalue weighted by molar-refractivity contribution is 0.0490. The van der Waals surface area contributed by atoms with Gasteiger partial charge in [-0.05, 0) is 31.4 Å². The second-order valence-electron chi connectivity index (χ2n) is 5.76. The smallest absolute Gasteiger partial charge is 0.172 e. The van der Waals surface area contributed by atoms with Crippen molar-refractivity contribution in [2.24, 2.45) is 0 Å². The molecular formula is C16H14O2S. The molecule has 2 heterocycles. The molecule has 1 aromatic carbocycles. The number of para-hydroxylation sites is 1. The summed E-state index contributed by atoms with van der Waals surface area (Å²) in [6.45, 7) is 4.17. The van der Waals surface area contributed by atoms with Crippen LogP contribution in [-0.2, 0) is 0 Å². The molecular weight excluding hydrogens is 256 g/mol. The highest BCUT2D eigenvalue weighted by molar-refractivity contribution is 7.10. The molecule has 0 saturated heterocycles. The van der Waals surface area contributed by atoms with Crippen LogP contribution in [0.3, 0.4) is 0 Å². The lowest BCUT2D eigenvalue weighted by Crippen LogP contribution is -2.42. The SMILES string of the molecule is CC1(C)Oc2ccccc2[C@@H]2C(=O)c3ccsc3[C@@H]21. The molecule has 0 radical (unpaired) electrons. The Kier molecular flexibility index (Phi) is 2.06. The first-order valence-corrected chi connectivity index (χ1v) is 7.37. The van der Waals surface area contributed by atoms with Gasteiger partial charge in [0, 0.05) is 21.9 Å². The van der Waals surface area contributed by atoms with Gasteiger partial charge in [-0.1, -0.05) is 18.2 Å². The minimum atomic E-state index is -0.342. The van der Waals surface area contributed by atoms with Gasteiger partial charge < -0.3 is 4.74 Å². The molecule has 0 fully saturated rings. The number of hydrogen-bond acceptors (Lipinski definition) is 3. The van der Waals surface area contributed by atoms with Gasteiger partial charge in [-0.25, -0.2) is 0 Å². The third kappa shape index (κ3) is 1.34. The molecule has 19 heavy (non-hydrogen) atoms. The van der Waals surface area contributed by atoms with Crippen molar-refractivity contribution in [2.75, 3.05) is 0 Å². The minimum Gasteiger partial charge on any atom is -0.487 e. The Balaban J connectivity index is 1.99. The molecule has 2 aliphatic rings. The Hall–Kier alpha value is -1.61. The van der Waals surface area contributed by atoms with Crippen molar-refractivity contribution in [3.63, 3.8) is 0 Å². The van der Waals surface area contributed by atoms with Crippen molar-refractivity contribution in [2.45, 2.75) is 31.3 Å². The van der Waals surface area contributed by atoms with E-state index in [9.17, 15) is 4.79 Å². The summed E-state index contributed by atoms with van der Waals surface area (Å²) in [6, 6.07) is 9.89. The van der Waals surface area contributed by atoms with Crippen LogP contribution >= 0.6 is 11.3 Å². The molecule has 2 aromatic rings. The summed E-state index contributed by atoms with van der Waals surface area (Å²) in [5.41, 5.74) is 1.60. The van der Waals surface area contributed by atoms with E-state index in [1.165, 1.54) is 4.88 Å². The highest BCUT2D eigenvalue weighted by Crippen LogP contribution is 2.57. The Morgan fingerprint density at radius 3 is 2.84 bits per heavy atom. The maximum atomic E-state index is 12.7. The number of rotatable bonds is 0. The van der Waals surface area contributed by atoms with Gasteiger partial charge in [-0.3, -0.25) is 4.79 Å². The average Bonchev–Trinajstić information content (AvgIpc) is 2.92. The summed E-state index contributed by atoms with van der Waals surface area (Å²) < 4.78 is 6.16. The normalized spacial score (nSPS) is 26.3. The van der Waals surface area contributed by atoms with E-state index in [2.05, 4.69) is 13.8 Å². The fourth-order valence-electron chi connectivity index (χ4n) is 3.45. The van der Waals surface area contributed by atoms with Crippen LogP contribution in [-0.4, -0.2) is 11.4 Å². The molecule has 1 aliphatic heterocycles. The van der Waals surface area contributed by atoms with Crippen LogP contribution in [0.2, 0.25) is 0 Å². The van der Waals surface area contributed by atoms with Crippen molar-refractivity contribution in [3.8, 4) is 5.75 Å². The van der Waals surface area contributed by atoms with E-state index in [0.717, 1.165) is 16.9 Å². The van der Waals surface area contributed by atoms with Crippen LogP contribution < -0.4 is 4.74 Å². The summed E-state index contributed by atoms with van der Waals surface area (Å²) in [7, 11) is 0. The number of ketones is 1. The third-order valence-corrected chi connectivity index (χ3v) is 5.23. The summed E-state index contributed by atoms with van der Waals surface area (Å²) in [6.07, 6.45) is 0. The average molecular weight is 270 g/mol. The fraction of sp³-hybridized carbons (Fsp3) is 0.312. The van der Waals surface area contributed by atoms with Crippen LogP contribution in [0, 0.1) is 0 Å². The van der Waals surface area contributed by atoms with Gasteiger partial charge in [0.25, 0.3) is 0 Å². The van der Waals surface area contributed by atoms with Crippen LogP contribution in [0.15, 0.2) is 35.7 Å². The Labute approximate surface area is 116 Å². The van der Waals surface area contributed by atoms with E-state index >= 15 is 0 Å². The Bertz CT molecular complexity index is 684. The number of carbonyl (C=O) groups excluding carboxylic acids is 1. The zero-order valence-electron chi connectivity index (χ0n) is 10.8. The van der Waals surface area contributed by atoms with Gasteiger partial charge in [0.15, 0.2) is 5.78 Å². The number of fused-ring (bicyclic) bond motifs is 5. The molecule has 0 spiro atoms. The highest BCUT2D eigenvalue weighted by atomic mass is 32.1. The van der Waals surface area contributed by atoms with Crippen molar-refractivity contribution >= 4 is 17.1 Å². The number of hydrogen-bond donors (Lipinski definition) is 0. The lowest BCUT2D eigenvalue weighted by Gasteiger charge is -2.41. The van der Waals surface area contributed by atoms with Gasteiger partial charge in [-0.2, -0.15) is 0 Å². The van der Waals surface area contributed by atoms with E-state index in [1.54, 1.807) is 11.3 Å². The molecule has 2 atom stereocenters. The maximum Gasteiger partial charge on any atom is 0.172 e. The first kappa shape index (κ1) is 11.2. The number of carbonyl (C=O) groups is 1. The molecule has 96 valence electrons. The predicted octanol–water partition coefficient (Wildman–Crippen LogP) is 3.98. The molecule has 1 aliphatic carbocycles. The Morgan fingerprint density at radius 1 is 1.21 bits per heavy atom. The van der Waals surface area contributed by atoms with E-state index < -0.39 is 0 Å². The summed E-state index contributed by atoms with van der Waals surface area (Å²) >= 11 is 1.68. The van der Waals surface area contributed by atoms with E-state index in [4.69, 9.17) is 4.74 Å². The molecule has 1 aromatic heterocycles. The number of thiophene rings is 1. The standard InChI is InChI=1S/C16H14O2S/c1-16(2)13-12(9-5-3-4-6-11(9)18-16)14(17)10-7-8-19-15(10)13/h3-8,12-13H,1-2H3/t12-,13+/m0/s1. The number of ether oxygens (including phenoxy) is 1. The summed E-state index contributed by atoms with van der Waals surface area (Å²) in [5, 5.41) is 2.01. The van der Waals surface area contributed by atoms with Crippen molar-refractivity contribution in [1.82, 2.24) is 0 Å². The first-order chi connectivity index (χ1) is 9.09. The van der Waals surface area contributed by atoms with E-state index in [-0.39, 0.29) is 23.2 Å². The lowest BCUT2D eigenvalue weighted by atomic mass is 9.76. The molecule has 0 unspecified atom stereocenters. The molecule has 0 bridgehead atoms. The van der Waals surface area contributed by atoms with Crippen LogP contribution in [0.1, 0.15) is 46.5 Å². The fourth-order valence-corrected chi connectivity index (χ4v) is 4.66. The van der Waals surface area contributed by atoms with Gasteiger partial charge in [0.05, 0.1) is 5.92 Å². The van der Waals surface area contributed by atoms with Gasteiger partial charge >= 0.3 is 0 Å². The summed E-state index contributed by atoms with van der Waals surface area (Å²) in [4.78, 5) is 13.9. The van der Waals surface area contributed by atoms with Gasteiger partial charge in [0.2, 0.25) is 0 Å². The van der Waals surface area contributed by atoms with Crippen LogP contribution in [0.4, 0.5) is 0 Å². The molecule has 4 rings (SSSR count). The van der Waals surface area contributed by atoms with Crippen LogP contribution in [0.25, 0.3) is 0 Å². The molecule has 3 heteroatoms. The monoisotopic (exact) mass is 270 g/mol. The zero-order valence-corrected chi connectivity index (χ0v) is 11.7.